The Bertz CT molecular complexity index is 645. The van der Waals surface area contributed by atoms with Gasteiger partial charge < -0.3 is 16.4 Å². The highest BCUT2D eigenvalue weighted by molar-refractivity contribution is 6.29. The lowest BCUT2D eigenvalue weighted by Gasteiger charge is -2.39. The highest BCUT2D eigenvalue weighted by atomic mass is 35.5. The summed E-state index contributed by atoms with van der Waals surface area (Å²) in [7, 11) is 0. The first-order valence-corrected chi connectivity index (χ1v) is 6.17. The molecule has 0 aromatic carbocycles. The molecular formula is C10H11ClN8O. The molecule has 0 radical (unpaired) electrons. The summed E-state index contributed by atoms with van der Waals surface area (Å²) in [6, 6.07) is 1.75. The van der Waals surface area contributed by atoms with Crippen LogP contribution in [0.5, 0.6) is 0 Å². The fourth-order valence-corrected chi connectivity index (χ4v) is 2.15. The van der Waals surface area contributed by atoms with Gasteiger partial charge in [-0.05, 0) is 0 Å². The number of carbonyl (C=O) groups excluding carboxylic acids is 1. The Labute approximate surface area is 118 Å². The van der Waals surface area contributed by atoms with E-state index in [-0.39, 0.29) is 17.7 Å². The van der Waals surface area contributed by atoms with E-state index in [1.54, 1.807) is 10.7 Å². The van der Waals surface area contributed by atoms with E-state index in [0.717, 1.165) is 0 Å². The number of amides is 1. The van der Waals surface area contributed by atoms with Gasteiger partial charge in [-0.15, -0.1) is 5.10 Å². The molecule has 1 saturated heterocycles. The van der Waals surface area contributed by atoms with Crippen molar-refractivity contribution in [3.8, 4) is 0 Å². The molecule has 0 atom stereocenters. The number of carbonyl (C=O) groups is 1. The van der Waals surface area contributed by atoms with Crippen molar-refractivity contribution in [2.45, 2.75) is 6.04 Å². The van der Waals surface area contributed by atoms with E-state index in [9.17, 15) is 4.79 Å². The Balaban J connectivity index is 1.70. The van der Waals surface area contributed by atoms with Crippen molar-refractivity contribution in [3.63, 3.8) is 0 Å². The first kappa shape index (κ1) is 12.6. The van der Waals surface area contributed by atoms with Gasteiger partial charge in [-0.3, -0.25) is 4.79 Å². The number of nitrogens with zero attached hydrogens (tertiary/aromatic N) is 6. The van der Waals surface area contributed by atoms with Crippen LogP contribution >= 0.6 is 11.6 Å². The molecule has 1 aliphatic heterocycles. The topological polar surface area (TPSA) is 129 Å². The average Bonchev–Trinajstić information content (AvgIpc) is 2.75. The van der Waals surface area contributed by atoms with Crippen molar-refractivity contribution >= 4 is 29.3 Å². The largest absolute Gasteiger partial charge is 0.368 e. The van der Waals surface area contributed by atoms with Gasteiger partial charge in [0.25, 0.3) is 5.91 Å². The second-order valence-corrected chi connectivity index (χ2v) is 4.80. The molecule has 2 aromatic heterocycles. The Kier molecular flexibility index (Phi) is 2.90. The van der Waals surface area contributed by atoms with Gasteiger partial charge >= 0.3 is 0 Å². The third-order valence-electron chi connectivity index (χ3n) is 3.02. The smallest absolute Gasteiger partial charge is 0.270 e. The predicted molar refractivity (Wildman–Crippen MR) is 71.2 cm³/mol. The van der Waals surface area contributed by atoms with Crippen LogP contribution in [0.2, 0.25) is 5.15 Å². The van der Waals surface area contributed by atoms with Gasteiger partial charge in [-0.25, -0.2) is 9.67 Å². The maximum absolute atomic E-state index is 11.0. The molecule has 4 N–H and O–H groups in total. The highest BCUT2D eigenvalue weighted by Crippen LogP contribution is 2.27. The second-order valence-electron chi connectivity index (χ2n) is 4.41. The van der Waals surface area contributed by atoms with E-state index in [2.05, 4.69) is 20.3 Å². The number of aromatic nitrogens is 5. The molecule has 1 fully saturated rings. The lowest BCUT2D eigenvalue weighted by Crippen LogP contribution is -2.48. The van der Waals surface area contributed by atoms with Crippen LogP contribution in [0.3, 0.4) is 0 Å². The van der Waals surface area contributed by atoms with E-state index in [4.69, 9.17) is 23.1 Å². The minimum atomic E-state index is -0.595. The molecule has 0 bridgehead atoms. The van der Waals surface area contributed by atoms with Gasteiger partial charge in [0.1, 0.15) is 11.0 Å². The normalized spacial score (nSPS) is 15.2. The van der Waals surface area contributed by atoms with Crippen LogP contribution in [0.25, 0.3) is 0 Å². The molecule has 2 aromatic rings. The van der Waals surface area contributed by atoms with Crippen LogP contribution in [-0.2, 0) is 0 Å². The van der Waals surface area contributed by atoms with Gasteiger partial charge in [0, 0.05) is 19.2 Å². The number of nitrogens with two attached hydrogens (primary N) is 2. The zero-order chi connectivity index (χ0) is 14.3. The number of primary amides is 1. The molecular weight excluding hydrogens is 284 g/mol. The first-order chi connectivity index (χ1) is 9.52. The number of nitrogen functional groups attached to an aromatic ring is 1. The van der Waals surface area contributed by atoms with E-state index in [0.29, 0.717) is 24.1 Å². The third-order valence-corrected chi connectivity index (χ3v) is 3.22. The van der Waals surface area contributed by atoms with Gasteiger partial charge in [0.15, 0.2) is 5.69 Å². The Morgan fingerprint density at radius 3 is 2.75 bits per heavy atom. The van der Waals surface area contributed by atoms with Crippen molar-refractivity contribution in [1.82, 2.24) is 25.0 Å². The van der Waals surface area contributed by atoms with Crippen LogP contribution < -0.4 is 16.4 Å². The fourth-order valence-electron chi connectivity index (χ4n) is 1.96. The summed E-state index contributed by atoms with van der Waals surface area (Å²) >= 11 is 5.83. The van der Waals surface area contributed by atoms with Crippen LogP contribution in [0.1, 0.15) is 16.5 Å². The number of anilines is 2. The molecule has 104 valence electrons. The number of halogens is 1. The third kappa shape index (κ3) is 2.23. The zero-order valence-corrected chi connectivity index (χ0v) is 11.0. The summed E-state index contributed by atoms with van der Waals surface area (Å²) in [6.07, 6.45) is 1.53. The van der Waals surface area contributed by atoms with Crippen molar-refractivity contribution in [2.24, 2.45) is 5.73 Å². The maximum Gasteiger partial charge on any atom is 0.270 e. The first-order valence-electron chi connectivity index (χ1n) is 5.79. The molecule has 3 rings (SSSR count). The lowest BCUT2D eigenvalue weighted by molar-refractivity contribution is 0.0995. The van der Waals surface area contributed by atoms with Crippen LogP contribution in [-0.4, -0.2) is 44.0 Å². The number of hydrogen-bond acceptors (Lipinski definition) is 7. The Morgan fingerprint density at radius 2 is 2.15 bits per heavy atom. The molecule has 0 saturated carbocycles. The van der Waals surface area contributed by atoms with Gasteiger partial charge in [0.2, 0.25) is 5.95 Å². The Hall–Kier alpha value is -2.42. The summed E-state index contributed by atoms with van der Waals surface area (Å²) in [5, 5.41) is 7.87. The quantitative estimate of drug-likeness (QED) is 0.727. The summed E-state index contributed by atoms with van der Waals surface area (Å²) in [6.45, 7) is 1.32. The summed E-state index contributed by atoms with van der Waals surface area (Å²) in [5.74, 6) is 0.199. The maximum atomic E-state index is 11.0. The van der Waals surface area contributed by atoms with E-state index < -0.39 is 5.91 Å². The SMILES string of the molecule is NC(=O)c1cn(C2CN(c3cc(Cl)nc(N)n3)C2)nn1. The molecule has 1 aliphatic rings. The van der Waals surface area contributed by atoms with Crippen LogP contribution in [0, 0.1) is 0 Å². The predicted octanol–water partition coefficient (Wildman–Crippen LogP) is -0.536. The fraction of sp³-hybridized carbons (Fsp3) is 0.300. The van der Waals surface area contributed by atoms with E-state index in [1.165, 1.54) is 6.20 Å². The molecule has 10 heteroatoms. The van der Waals surface area contributed by atoms with Gasteiger partial charge in [-0.2, -0.15) is 4.98 Å². The molecule has 0 aliphatic carbocycles. The van der Waals surface area contributed by atoms with Crippen molar-refractivity contribution in [1.29, 1.82) is 0 Å². The average molecular weight is 295 g/mol. The molecule has 1 amide bonds. The lowest BCUT2D eigenvalue weighted by atomic mass is 10.1. The van der Waals surface area contributed by atoms with Crippen molar-refractivity contribution < 1.29 is 4.79 Å². The highest BCUT2D eigenvalue weighted by Gasteiger charge is 2.31. The van der Waals surface area contributed by atoms with Gasteiger partial charge in [-0.1, -0.05) is 16.8 Å². The second kappa shape index (κ2) is 4.60. The molecule has 0 unspecified atom stereocenters. The Morgan fingerprint density at radius 1 is 1.40 bits per heavy atom. The molecule has 20 heavy (non-hydrogen) atoms. The van der Waals surface area contributed by atoms with Gasteiger partial charge in [0.05, 0.1) is 12.2 Å². The molecule has 9 nitrogen and oxygen atoms in total. The summed E-state index contributed by atoms with van der Waals surface area (Å²) in [4.78, 5) is 20.8. The number of rotatable bonds is 3. The van der Waals surface area contributed by atoms with Crippen molar-refractivity contribution in [3.05, 3.63) is 23.1 Å². The standard InChI is InChI=1S/C10H11ClN8O/c11-7-1-8(15-10(13)14-7)18-2-5(3-18)19-4-6(9(12)20)16-17-19/h1,4-5H,2-3H2,(H2,12,20)(H2,13,14,15). The minimum Gasteiger partial charge on any atom is -0.368 e. The van der Waals surface area contributed by atoms with Crippen molar-refractivity contribution in [2.75, 3.05) is 23.7 Å². The molecule has 0 spiro atoms. The van der Waals surface area contributed by atoms with Crippen LogP contribution in [0.4, 0.5) is 11.8 Å². The molecule has 3 heterocycles. The summed E-state index contributed by atoms with van der Waals surface area (Å²) < 4.78 is 1.61. The van der Waals surface area contributed by atoms with E-state index in [1.807, 2.05) is 4.90 Å². The summed E-state index contributed by atoms with van der Waals surface area (Å²) in [5.41, 5.74) is 10.8. The zero-order valence-electron chi connectivity index (χ0n) is 10.3. The number of hydrogen-bond donors (Lipinski definition) is 2. The van der Waals surface area contributed by atoms with E-state index >= 15 is 0 Å². The van der Waals surface area contributed by atoms with Crippen LogP contribution in [0.15, 0.2) is 12.3 Å². The monoisotopic (exact) mass is 294 g/mol. The minimum absolute atomic E-state index is 0.102.